The van der Waals surface area contributed by atoms with E-state index >= 15 is 0 Å². The molecule has 0 saturated heterocycles. The number of nitrogens with one attached hydrogen (secondary N) is 2. The fraction of sp³-hybridized carbons (Fsp3) is 0.259. The summed E-state index contributed by atoms with van der Waals surface area (Å²) in [6, 6.07) is 17.7. The number of benzene rings is 3. The van der Waals surface area contributed by atoms with Gasteiger partial charge in [-0.3, -0.25) is 9.59 Å². The van der Waals surface area contributed by atoms with Crippen LogP contribution in [0.3, 0.4) is 0 Å². The van der Waals surface area contributed by atoms with Crippen LogP contribution in [0.15, 0.2) is 66.7 Å². The molecule has 1 fully saturated rings. The summed E-state index contributed by atoms with van der Waals surface area (Å²) in [4.78, 5) is 27.9. The fourth-order valence-corrected chi connectivity index (χ4v) is 4.30. The Bertz CT molecular complexity index is 1280. The highest BCUT2D eigenvalue weighted by Crippen LogP contribution is 2.32. The number of rotatable bonds is 5. The van der Waals surface area contributed by atoms with E-state index in [9.17, 15) is 22.8 Å². The fourth-order valence-electron chi connectivity index (χ4n) is 4.30. The number of amides is 2. The number of carbonyl (C=O) groups excluding carboxylic acids is 2. The van der Waals surface area contributed by atoms with Gasteiger partial charge in [-0.2, -0.15) is 13.2 Å². The van der Waals surface area contributed by atoms with Crippen molar-refractivity contribution in [3.8, 4) is 0 Å². The van der Waals surface area contributed by atoms with Crippen molar-refractivity contribution in [1.29, 1.82) is 0 Å². The third-order valence-electron chi connectivity index (χ3n) is 6.34. The third kappa shape index (κ3) is 5.16. The van der Waals surface area contributed by atoms with Crippen LogP contribution in [0.2, 0.25) is 0 Å². The Balaban J connectivity index is 1.42. The van der Waals surface area contributed by atoms with Gasteiger partial charge in [0, 0.05) is 36.1 Å². The van der Waals surface area contributed by atoms with E-state index in [-0.39, 0.29) is 17.5 Å². The maximum atomic E-state index is 13.1. The summed E-state index contributed by atoms with van der Waals surface area (Å²) in [7, 11) is 0. The molecule has 5 rings (SSSR count). The number of nitrogens with zero attached hydrogens (tertiary/aromatic N) is 1. The molecular formula is C27H24F3N3O2. The number of anilines is 2. The predicted octanol–water partition coefficient (Wildman–Crippen LogP) is 5.41. The van der Waals surface area contributed by atoms with Crippen LogP contribution in [-0.4, -0.2) is 24.4 Å². The molecule has 1 aliphatic carbocycles. The van der Waals surface area contributed by atoms with Crippen LogP contribution in [0.1, 0.15) is 50.2 Å². The van der Waals surface area contributed by atoms with Crippen LogP contribution < -0.4 is 15.5 Å². The van der Waals surface area contributed by atoms with Gasteiger partial charge in [0.2, 0.25) is 0 Å². The lowest BCUT2D eigenvalue weighted by Crippen LogP contribution is -2.33. The Morgan fingerprint density at radius 2 is 1.66 bits per heavy atom. The van der Waals surface area contributed by atoms with Gasteiger partial charge in [-0.05, 0) is 66.8 Å². The molecule has 2 N–H and O–H groups in total. The average molecular weight is 480 g/mol. The Morgan fingerprint density at radius 3 is 2.40 bits per heavy atom. The minimum Gasteiger partial charge on any atom is -0.366 e. The van der Waals surface area contributed by atoms with Crippen molar-refractivity contribution in [1.82, 2.24) is 5.32 Å². The molecule has 1 heterocycles. The highest BCUT2D eigenvalue weighted by atomic mass is 19.4. The standard InChI is InChI=1S/C27H24F3N3O2/c28-27(29,30)20-7-3-6-18(14-20)25(34)32-22-10-11-24(23(15-22)26(35)31-21-8-9-21)33-13-12-17-4-1-2-5-19(17)16-33/h1-7,10-11,14-15,21H,8-9,12-13,16H2,(H,31,35)(H,32,34). The van der Waals surface area contributed by atoms with Gasteiger partial charge < -0.3 is 15.5 Å². The zero-order valence-electron chi connectivity index (χ0n) is 18.9. The first-order valence-corrected chi connectivity index (χ1v) is 11.5. The number of hydrogen-bond acceptors (Lipinski definition) is 3. The van der Waals surface area contributed by atoms with Crippen molar-refractivity contribution in [2.24, 2.45) is 0 Å². The number of alkyl halides is 3. The molecule has 8 heteroatoms. The van der Waals surface area contributed by atoms with Gasteiger partial charge in [-0.25, -0.2) is 0 Å². The van der Waals surface area contributed by atoms with E-state index in [1.807, 2.05) is 12.1 Å². The normalized spacial score (nSPS) is 15.3. The smallest absolute Gasteiger partial charge is 0.366 e. The monoisotopic (exact) mass is 479 g/mol. The summed E-state index contributed by atoms with van der Waals surface area (Å²) in [5.74, 6) is -0.902. The quantitative estimate of drug-likeness (QED) is 0.514. The summed E-state index contributed by atoms with van der Waals surface area (Å²) in [5, 5.41) is 5.64. The van der Waals surface area contributed by atoms with Crippen molar-refractivity contribution in [2.75, 3.05) is 16.8 Å². The molecule has 180 valence electrons. The van der Waals surface area contributed by atoms with Crippen molar-refractivity contribution < 1.29 is 22.8 Å². The van der Waals surface area contributed by atoms with Crippen LogP contribution in [-0.2, 0) is 19.1 Å². The van der Waals surface area contributed by atoms with E-state index in [1.165, 1.54) is 23.3 Å². The average Bonchev–Trinajstić information content (AvgIpc) is 3.67. The van der Waals surface area contributed by atoms with Gasteiger partial charge in [-0.1, -0.05) is 30.3 Å². The first-order chi connectivity index (χ1) is 16.8. The second-order valence-corrected chi connectivity index (χ2v) is 8.95. The lowest BCUT2D eigenvalue weighted by Gasteiger charge is -2.32. The lowest BCUT2D eigenvalue weighted by molar-refractivity contribution is -0.137. The van der Waals surface area contributed by atoms with E-state index in [0.29, 0.717) is 17.8 Å². The van der Waals surface area contributed by atoms with Gasteiger partial charge in [0.05, 0.1) is 11.1 Å². The molecule has 3 aromatic rings. The Labute approximate surface area is 200 Å². The Morgan fingerprint density at radius 1 is 0.886 bits per heavy atom. The van der Waals surface area contributed by atoms with Crippen molar-refractivity contribution >= 4 is 23.2 Å². The van der Waals surface area contributed by atoms with Gasteiger partial charge in [0.15, 0.2) is 0 Å². The number of fused-ring (bicyclic) bond motifs is 1. The molecule has 0 bridgehead atoms. The van der Waals surface area contributed by atoms with Crippen LogP contribution in [0.25, 0.3) is 0 Å². The van der Waals surface area contributed by atoms with Crippen molar-refractivity contribution in [2.45, 2.75) is 38.0 Å². The Kier molecular flexibility index (Phi) is 5.96. The molecule has 35 heavy (non-hydrogen) atoms. The molecule has 3 aromatic carbocycles. The molecule has 0 atom stereocenters. The Hall–Kier alpha value is -3.81. The maximum Gasteiger partial charge on any atom is 0.416 e. The molecule has 0 unspecified atom stereocenters. The molecule has 5 nitrogen and oxygen atoms in total. The first kappa shape index (κ1) is 23.0. The third-order valence-corrected chi connectivity index (χ3v) is 6.34. The topological polar surface area (TPSA) is 61.4 Å². The number of hydrogen-bond donors (Lipinski definition) is 2. The summed E-state index contributed by atoms with van der Waals surface area (Å²) in [6.45, 7) is 1.41. The van der Waals surface area contributed by atoms with Gasteiger partial charge in [0.25, 0.3) is 11.8 Å². The summed E-state index contributed by atoms with van der Waals surface area (Å²) in [5.41, 5.74) is 3.02. The van der Waals surface area contributed by atoms with Crippen molar-refractivity contribution in [3.05, 3.63) is 94.5 Å². The second-order valence-electron chi connectivity index (χ2n) is 8.95. The molecule has 1 aliphatic heterocycles. The molecule has 0 radical (unpaired) electrons. The zero-order chi connectivity index (χ0) is 24.6. The van der Waals surface area contributed by atoms with Crippen LogP contribution in [0, 0.1) is 0 Å². The van der Waals surface area contributed by atoms with E-state index in [1.54, 1.807) is 18.2 Å². The lowest BCUT2D eigenvalue weighted by atomic mass is 9.98. The number of carbonyl (C=O) groups is 2. The SMILES string of the molecule is O=C(Nc1ccc(N2CCc3ccccc3C2)c(C(=O)NC2CC2)c1)c1cccc(C(F)(F)F)c1. The summed E-state index contributed by atoms with van der Waals surface area (Å²) in [6.07, 6.45) is -1.82. The number of halogens is 3. The minimum absolute atomic E-state index is 0.111. The van der Waals surface area contributed by atoms with Crippen LogP contribution >= 0.6 is 0 Å². The second kappa shape index (κ2) is 9.09. The molecule has 2 aliphatic rings. The summed E-state index contributed by atoms with van der Waals surface area (Å²) >= 11 is 0. The highest BCUT2D eigenvalue weighted by molar-refractivity contribution is 6.06. The van der Waals surface area contributed by atoms with Gasteiger partial charge in [0.1, 0.15) is 0 Å². The van der Waals surface area contributed by atoms with Gasteiger partial charge in [-0.15, -0.1) is 0 Å². The molecule has 0 aromatic heterocycles. The predicted molar refractivity (Wildman–Crippen MR) is 128 cm³/mol. The molecule has 2 amide bonds. The largest absolute Gasteiger partial charge is 0.416 e. The minimum atomic E-state index is -4.54. The maximum absolute atomic E-state index is 13.1. The molecule has 1 saturated carbocycles. The highest BCUT2D eigenvalue weighted by Gasteiger charge is 2.31. The van der Waals surface area contributed by atoms with Crippen LogP contribution in [0.4, 0.5) is 24.5 Å². The van der Waals surface area contributed by atoms with E-state index in [4.69, 9.17) is 0 Å². The molecular weight excluding hydrogens is 455 g/mol. The molecule has 0 spiro atoms. The van der Waals surface area contributed by atoms with Crippen molar-refractivity contribution in [3.63, 3.8) is 0 Å². The first-order valence-electron chi connectivity index (χ1n) is 11.5. The summed E-state index contributed by atoms with van der Waals surface area (Å²) < 4.78 is 39.1. The zero-order valence-corrected chi connectivity index (χ0v) is 18.9. The van der Waals surface area contributed by atoms with E-state index in [0.717, 1.165) is 43.6 Å². The van der Waals surface area contributed by atoms with E-state index in [2.05, 4.69) is 27.7 Å². The van der Waals surface area contributed by atoms with Gasteiger partial charge >= 0.3 is 6.18 Å². The van der Waals surface area contributed by atoms with E-state index < -0.39 is 17.6 Å². The van der Waals surface area contributed by atoms with Crippen LogP contribution in [0.5, 0.6) is 0 Å².